The highest BCUT2D eigenvalue weighted by Gasteiger charge is 2.78. The second-order valence-electron chi connectivity index (χ2n) is 16.5. The Bertz CT molecular complexity index is 1760. The van der Waals surface area contributed by atoms with Gasteiger partial charge in [0.05, 0.1) is 30.1 Å². The van der Waals surface area contributed by atoms with Crippen LogP contribution in [0.25, 0.3) is 0 Å². The van der Waals surface area contributed by atoms with Crippen molar-refractivity contribution in [1.29, 1.82) is 0 Å². The molecule has 5 aliphatic rings. The summed E-state index contributed by atoms with van der Waals surface area (Å²) in [7, 11) is 0. The highest BCUT2D eigenvalue weighted by atomic mass is 16.6. The van der Waals surface area contributed by atoms with Gasteiger partial charge in [0.1, 0.15) is 30.0 Å². The molecule has 55 heavy (non-hydrogen) atoms. The van der Waals surface area contributed by atoms with Gasteiger partial charge in [0.15, 0.2) is 17.5 Å². The first-order chi connectivity index (χ1) is 25.9. The monoisotopic (exact) mass is 767 g/mol. The molecule has 300 valence electrons. The van der Waals surface area contributed by atoms with E-state index in [2.05, 4.69) is 5.32 Å². The molecule has 6 rings (SSSR count). The molecule has 14 heteroatoms. The van der Waals surface area contributed by atoms with Crippen LogP contribution in [-0.2, 0) is 42.9 Å². The third-order valence-corrected chi connectivity index (χ3v) is 12.9. The summed E-state index contributed by atoms with van der Waals surface area (Å²) in [6, 6.07) is 7.21. The van der Waals surface area contributed by atoms with Crippen molar-refractivity contribution in [2.75, 3.05) is 6.61 Å². The Labute approximate surface area is 320 Å². The average Bonchev–Trinajstić information content (AvgIpc) is 3.12. The average molecular weight is 768 g/mol. The molecule has 2 saturated carbocycles. The zero-order chi connectivity index (χ0) is 40.1. The molecule has 14 nitrogen and oxygen atoms in total. The summed E-state index contributed by atoms with van der Waals surface area (Å²) < 4.78 is 24.1. The van der Waals surface area contributed by atoms with Gasteiger partial charge >= 0.3 is 17.9 Å². The Morgan fingerprint density at radius 3 is 2.22 bits per heavy atom. The molecule has 3 fully saturated rings. The van der Waals surface area contributed by atoms with Crippen LogP contribution in [0.1, 0.15) is 97.6 Å². The van der Waals surface area contributed by atoms with Crippen molar-refractivity contribution >= 4 is 29.6 Å². The third-order valence-electron chi connectivity index (χ3n) is 12.9. The smallest absolute Gasteiger partial charge is 0.338 e. The van der Waals surface area contributed by atoms with Gasteiger partial charge in [-0.15, -0.1) is 0 Å². The molecule has 3 aliphatic carbocycles. The van der Waals surface area contributed by atoms with E-state index < -0.39 is 107 Å². The number of rotatable bonds is 2. The van der Waals surface area contributed by atoms with Crippen molar-refractivity contribution in [2.24, 2.45) is 16.7 Å². The first-order valence-corrected chi connectivity index (χ1v) is 19.1. The molecule has 2 aliphatic heterocycles. The van der Waals surface area contributed by atoms with E-state index in [0.717, 1.165) is 0 Å². The van der Waals surface area contributed by atoms with Gasteiger partial charge in [-0.3, -0.25) is 19.2 Å². The maximum absolute atomic E-state index is 14.9. The molecule has 1 aromatic carbocycles. The summed E-state index contributed by atoms with van der Waals surface area (Å²) in [5, 5.41) is 51.5. The predicted octanol–water partition coefficient (Wildman–Crippen LogP) is 2.45. The fourth-order valence-electron chi connectivity index (χ4n) is 9.79. The SMILES string of the molecule is CC(=O)O[C@@]12CO[C@@H]1C[C@H](O)[C@@]1(C)C(=O)[C@H](O)C3=C(C)[C@@H]4C[C@@](O)([C@@H](OC(=O)CCC/C=C/CCCC(=O)N[C@@H](c5ccccc5)[C@@H](O)C(=O)O4)[C@H]21)C3(C)C. The lowest BCUT2D eigenvalue weighted by molar-refractivity contribution is -0.347. The number of ketones is 1. The van der Waals surface area contributed by atoms with E-state index in [1.165, 1.54) is 20.8 Å². The zero-order valence-corrected chi connectivity index (χ0v) is 32.0. The van der Waals surface area contributed by atoms with Gasteiger partial charge in [-0.05, 0) is 56.2 Å². The molecular weight excluding hydrogens is 714 g/mol. The zero-order valence-electron chi connectivity index (χ0n) is 32.0. The van der Waals surface area contributed by atoms with Gasteiger partial charge in [-0.2, -0.15) is 0 Å². The van der Waals surface area contributed by atoms with Gasteiger partial charge < -0.3 is 44.7 Å². The maximum Gasteiger partial charge on any atom is 0.338 e. The number of carbonyl (C=O) groups is 5. The van der Waals surface area contributed by atoms with Crippen molar-refractivity contribution in [3.8, 4) is 0 Å². The second-order valence-corrected chi connectivity index (χ2v) is 16.5. The molecule has 1 saturated heterocycles. The molecule has 3 bridgehead atoms. The van der Waals surface area contributed by atoms with Crippen LogP contribution in [0.3, 0.4) is 0 Å². The van der Waals surface area contributed by atoms with E-state index in [9.17, 15) is 44.4 Å². The summed E-state index contributed by atoms with van der Waals surface area (Å²) >= 11 is 0. The number of hydrogen-bond donors (Lipinski definition) is 5. The number of carbonyl (C=O) groups excluding carboxylic acids is 5. The van der Waals surface area contributed by atoms with Gasteiger partial charge in [-0.25, -0.2) is 4.79 Å². The molecule has 0 unspecified atom stereocenters. The summed E-state index contributed by atoms with van der Waals surface area (Å²) in [5.41, 5.74) is -6.82. The first kappa shape index (κ1) is 40.7. The van der Waals surface area contributed by atoms with Crippen LogP contribution in [0, 0.1) is 16.7 Å². The molecule has 2 heterocycles. The third kappa shape index (κ3) is 6.83. The summed E-state index contributed by atoms with van der Waals surface area (Å²) in [6.07, 6.45) is -4.34. The number of amides is 1. The predicted molar refractivity (Wildman–Crippen MR) is 193 cm³/mol. The molecule has 1 aromatic rings. The number of aliphatic hydroxyl groups is 4. The Morgan fingerprint density at radius 1 is 0.945 bits per heavy atom. The number of hydrogen-bond acceptors (Lipinski definition) is 13. The van der Waals surface area contributed by atoms with Gasteiger partial charge in [0.2, 0.25) is 5.91 Å². The largest absolute Gasteiger partial charge is 0.459 e. The molecular formula is C41H53NO13. The van der Waals surface area contributed by atoms with Gasteiger partial charge in [0.25, 0.3) is 0 Å². The fourth-order valence-corrected chi connectivity index (χ4v) is 9.79. The van der Waals surface area contributed by atoms with E-state index >= 15 is 0 Å². The molecule has 0 aromatic heterocycles. The first-order valence-electron chi connectivity index (χ1n) is 19.1. The Morgan fingerprint density at radius 2 is 1.60 bits per heavy atom. The highest BCUT2D eigenvalue weighted by Crippen LogP contribution is 2.64. The summed E-state index contributed by atoms with van der Waals surface area (Å²) in [6.45, 7) is 7.04. The number of allylic oxidation sites excluding steroid dienone is 2. The maximum atomic E-state index is 14.9. The molecule has 11 atom stereocenters. The Hall–Kier alpha value is -3.95. The lowest BCUT2D eigenvalue weighted by atomic mass is 9.44. The van der Waals surface area contributed by atoms with Crippen molar-refractivity contribution in [2.45, 2.75) is 140 Å². The van der Waals surface area contributed by atoms with Gasteiger partial charge in [-0.1, -0.05) is 56.3 Å². The Balaban J connectivity index is 1.53. The van der Waals surface area contributed by atoms with Crippen molar-refractivity contribution < 1.29 is 63.3 Å². The van der Waals surface area contributed by atoms with Crippen LogP contribution in [-0.4, -0.2) is 104 Å². The second kappa shape index (κ2) is 15.2. The van der Waals surface area contributed by atoms with E-state index in [-0.39, 0.29) is 37.0 Å². The van der Waals surface area contributed by atoms with Crippen molar-refractivity contribution in [3.63, 3.8) is 0 Å². The number of benzene rings is 1. The van der Waals surface area contributed by atoms with E-state index in [1.807, 2.05) is 12.2 Å². The van der Waals surface area contributed by atoms with Crippen LogP contribution in [0.5, 0.6) is 0 Å². The van der Waals surface area contributed by atoms with Crippen LogP contribution >= 0.6 is 0 Å². The molecule has 0 radical (unpaired) electrons. The lowest BCUT2D eigenvalue weighted by Crippen LogP contribution is -2.81. The standard InChI is InChI=1S/C41H53NO13/c1-22-25-20-41(51)36(34-39(5,35(49)32(47)30(22)38(41,3)4)26(44)19-27-40(34,21-52-27)55-23(2)43)54-29(46)18-14-9-7-6-8-13-17-28(45)42-31(33(48)37(50)53-25)24-15-11-10-12-16-24/h6-7,10-12,15-16,25-27,31-34,36,44,47-48,51H,8-9,13-14,17-21H2,1-5H3,(H,42,45)/b7-6+/t25-,26-,27+,31-,32+,33+,34-,36-,39+,40-,41+/m0/s1. The molecule has 1 amide bonds. The van der Waals surface area contributed by atoms with E-state index in [0.29, 0.717) is 31.2 Å². The number of Topliss-reactive ketones (excluding diaryl/α,β-unsaturated/α-hetero) is 1. The minimum atomic E-state index is -2.26. The Kier molecular flexibility index (Phi) is 11.2. The van der Waals surface area contributed by atoms with Crippen LogP contribution < -0.4 is 5.32 Å². The van der Waals surface area contributed by atoms with Crippen LogP contribution in [0.2, 0.25) is 0 Å². The quantitative estimate of drug-likeness (QED) is 0.166. The van der Waals surface area contributed by atoms with E-state index in [4.69, 9.17) is 18.9 Å². The molecule has 0 spiro atoms. The number of aliphatic hydroxyl groups excluding tert-OH is 3. The van der Waals surface area contributed by atoms with E-state index in [1.54, 1.807) is 44.2 Å². The van der Waals surface area contributed by atoms with Crippen molar-refractivity contribution in [3.05, 3.63) is 59.2 Å². The normalized spacial score (nSPS) is 40.5. The number of fused-ring (bicyclic) bond motifs is 6. The van der Waals surface area contributed by atoms with Crippen LogP contribution in [0.4, 0.5) is 0 Å². The fraction of sp³-hybridized carbons (Fsp3) is 0.634. The number of nitrogens with one attached hydrogen (secondary N) is 1. The van der Waals surface area contributed by atoms with Crippen LogP contribution in [0.15, 0.2) is 53.6 Å². The molecule has 5 N–H and O–H groups in total. The summed E-state index contributed by atoms with van der Waals surface area (Å²) in [4.78, 5) is 68.6. The van der Waals surface area contributed by atoms with Gasteiger partial charge in [0, 0.05) is 38.0 Å². The topological polar surface area (TPSA) is 215 Å². The summed E-state index contributed by atoms with van der Waals surface area (Å²) in [5.74, 6) is -5.35. The number of esters is 3. The van der Waals surface area contributed by atoms with Crippen molar-refractivity contribution in [1.82, 2.24) is 5.32 Å². The lowest BCUT2D eigenvalue weighted by Gasteiger charge is -2.67. The minimum Gasteiger partial charge on any atom is -0.459 e. The minimum absolute atomic E-state index is 0.0137. The number of ether oxygens (including phenoxy) is 4. The highest BCUT2D eigenvalue weighted by molar-refractivity contribution is 5.93.